The monoisotopic (exact) mass is 565 g/mol. The van der Waals surface area contributed by atoms with E-state index < -0.39 is 54.5 Å². The average Bonchev–Trinajstić information content (AvgIpc) is 2.85. The van der Waals surface area contributed by atoms with Crippen LogP contribution >= 0.6 is 11.6 Å². The van der Waals surface area contributed by atoms with Crippen LogP contribution in [0.15, 0.2) is 29.8 Å². The molecule has 3 amide bonds. The molecule has 6 atom stereocenters. The number of likely N-dealkylation sites (N-methyl/N-ethyl adjacent to an activating group) is 1. The number of halogens is 1. The van der Waals surface area contributed by atoms with E-state index in [1.165, 1.54) is 31.0 Å². The lowest BCUT2D eigenvalue weighted by molar-refractivity contribution is -0.154. The molecule has 2 rings (SSSR count). The number of cyclic esters (lactones) is 1. The summed E-state index contributed by atoms with van der Waals surface area (Å²) in [6, 6.07) is 0.969. The Hall–Kier alpha value is -3.11. The van der Waals surface area contributed by atoms with Crippen molar-refractivity contribution in [3.63, 3.8) is 0 Å². The van der Waals surface area contributed by atoms with Gasteiger partial charge in [0.05, 0.1) is 17.7 Å². The Morgan fingerprint density at radius 1 is 1.08 bits per heavy atom. The SMILES string of the molecule is CC1=CC(C)CC(C)OC(=O)C(CO)NC(=O)C(Cc2ccc(O)c(Cl)c2)N(C)C(=O)C(C)NC(=O)C(C)C1. The topological polar surface area (TPSA) is 145 Å². The van der Waals surface area contributed by atoms with E-state index in [1.807, 2.05) is 19.9 Å². The summed E-state index contributed by atoms with van der Waals surface area (Å²) >= 11 is 6.04. The second kappa shape index (κ2) is 14.3. The fourth-order valence-electron chi connectivity index (χ4n) is 4.68. The summed E-state index contributed by atoms with van der Waals surface area (Å²) in [5.41, 5.74) is 1.53. The number of phenolic OH excluding ortho intramolecular Hbond substituents is 1. The molecule has 0 aliphatic carbocycles. The summed E-state index contributed by atoms with van der Waals surface area (Å²) in [6.45, 7) is 8.24. The highest BCUT2D eigenvalue weighted by atomic mass is 35.5. The number of nitrogens with one attached hydrogen (secondary N) is 2. The van der Waals surface area contributed by atoms with Gasteiger partial charge >= 0.3 is 5.97 Å². The zero-order valence-electron chi connectivity index (χ0n) is 23.4. The fourth-order valence-corrected chi connectivity index (χ4v) is 4.88. The molecule has 0 fully saturated rings. The first kappa shape index (κ1) is 32.1. The van der Waals surface area contributed by atoms with Crippen molar-refractivity contribution in [1.29, 1.82) is 0 Å². The molecular weight excluding hydrogens is 526 g/mol. The van der Waals surface area contributed by atoms with Crippen molar-refractivity contribution in [1.82, 2.24) is 15.5 Å². The number of hydrogen-bond donors (Lipinski definition) is 4. The Kier molecular flexibility index (Phi) is 11.8. The maximum atomic E-state index is 13.4. The van der Waals surface area contributed by atoms with Gasteiger partial charge in [-0.2, -0.15) is 0 Å². The van der Waals surface area contributed by atoms with E-state index in [1.54, 1.807) is 19.9 Å². The van der Waals surface area contributed by atoms with Gasteiger partial charge in [0.2, 0.25) is 17.7 Å². The molecule has 1 heterocycles. The summed E-state index contributed by atoms with van der Waals surface area (Å²) in [4.78, 5) is 53.6. The molecule has 216 valence electrons. The number of esters is 1. The highest BCUT2D eigenvalue weighted by Gasteiger charge is 2.34. The number of allylic oxidation sites excluding steroid dienone is 2. The van der Waals surface area contributed by atoms with Crippen LogP contribution in [-0.2, 0) is 30.3 Å². The molecule has 0 saturated carbocycles. The van der Waals surface area contributed by atoms with Crippen LogP contribution < -0.4 is 10.6 Å². The number of ether oxygens (including phenoxy) is 1. The van der Waals surface area contributed by atoms with Gasteiger partial charge in [-0.15, -0.1) is 0 Å². The normalized spacial score (nSPS) is 28.5. The van der Waals surface area contributed by atoms with Gasteiger partial charge in [0, 0.05) is 19.4 Å². The highest BCUT2D eigenvalue weighted by molar-refractivity contribution is 6.32. The molecule has 6 unspecified atom stereocenters. The number of benzene rings is 1. The molecule has 0 saturated heterocycles. The lowest BCUT2D eigenvalue weighted by Crippen LogP contribution is -2.57. The molecule has 0 aromatic heterocycles. The number of aromatic hydroxyl groups is 1. The molecule has 1 aromatic carbocycles. The number of carbonyl (C=O) groups excluding carboxylic acids is 4. The summed E-state index contributed by atoms with van der Waals surface area (Å²) in [5.74, 6) is -2.81. The minimum absolute atomic E-state index is 0.0176. The number of phenols is 1. The molecular formula is C28H40ClN3O7. The van der Waals surface area contributed by atoms with Crippen molar-refractivity contribution in [3.8, 4) is 5.75 Å². The average molecular weight is 566 g/mol. The summed E-state index contributed by atoms with van der Waals surface area (Å²) in [5, 5.41) is 24.9. The lowest BCUT2D eigenvalue weighted by atomic mass is 9.95. The van der Waals surface area contributed by atoms with Gasteiger partial charge < -0.3 is 30.5 Å². The van der Waals surface area contributed by atoms with E-state index in [2.05, 4.69) is 10.6 Å². The third-order valence-electron chi connectivity index (χ3n) is 6.74. The van der Waals surface area contributed by atoms with E-state index >= 15 is 0 Å². The van der Waals surface area contributed by atoms with E-state index in [0.717, 1.165) is 5.57 Å². The van der Waals surface area contributed by atoms with E-state index in [0.29, 0.717) is 18.4 Å². The lowest BCUT2D eigenvalue weighted by Gasteiger charge is -2.31. The van der Waals surface area contributed by atoms with Gasteiger partial charge in [-0.05, 0) is 57.2 Å². The highest BCUT2D eigenvalue weighted by Crippen LogP contribution is 2.25. The van der Waals surface area contributed by atoms with Crippen molar-refractivity contribution < 1.29 is 34.1 Å². The molecule has 0 radical (unpaired) electrons. The predicted molar refractivity (Wildman–Crippen MR) is 147 cm³/mol. The number of aliphatic hydroxyl groups is 1. The van der Waals surface area contributed by atoms with Crippen LogP contribution in [0.4, 0.5) is 0 Å². The van der Waals surface area contributed by atoms with Crippen LogP contribution in [0.1, 0.15) is 53.0 Å². The van der Waals surface area contributed by atoms with Crippen molar-refractivity contribution in [3.05, 3.63) is 40.4 Å². The third kappa shape index (κ3) is 9.25. The van der Waals surface area contributed by atoms with Gasteiger partial charge in [-0.3, -0.25) is 14.4 Å². The molecule has 4 N–H and O–H groups in total. The Balaban J connectivity index is 2.44. The van der Waals surface area contributed by atoms with E-state index in [-0.39, 0.29) is 29.0 Å². The number of aliphatic hydroxyl groups excluding tert-OH is 1. The molecule has 1 aliphatic rings. The number of hydrogen-bond acceptors (Lipinski definition) is 7. The van der Waals surface area contributed by atoms with E-state index in [4.69, 9.17) is 16.3 Å². The van der Waals surface area contributed by atoms with Gasteiger partial charge in [0.15, 0.2) is 6.04 Å². The summed E-state index contributed by atoms with van der Waals surface area (Å²) in [6.07, 6.45) is 2.50. The molecule has 0 spiro atoms. The number of nitrogens with zero attached hydrogens (tertiary/aromatic N) is 1. The quantitative estimate of drug-likeness (QED) is 0.325. The molecule has 10 nitrogen and oxygen atoms in total. The standard InChI is InChI=1S/C28H40ClN3O7/c1-15-9-16(2)11-18(4)39-28(38)22(14-33)31-26(36)23(13-20-7-8-24(34)21(29)12-20)32(6)27(37)19(5)30-25(35)17(3)10-15/h7-9,12,16-19,22-23,33-34H,10-11,13-14H2,1-6H3,(H,30,35)(H,31,36). The second-order valence-corrected chi connectivity index (χ2v) is 10.9. The van der Waals surface area contributed by atoms with E-state index in [9.17, 15) is 29.4 Å². The Labute approximate surface area is 234 Å². The van der Waals surface area contributed by atoms with Crippen molar-refractivity contribution in [2.45, 2.75) is 78.1 Å². The van der Waals surface area contributed by atoms with Gasteiger partial charge in [0.25, 0.3) is 0 Å². The minimum atomic E-state index is -1.35. The van der Waals surface area contributed by atoms with Crippen molar-refractivity contribution in [2.24, 2.45) is 11.8 Å². The first-order valence-electron chi connectivity index (χ1n) is 13.1. The number of rotatable bonds is 3. The maximum Gasteiger partial charge on any atom is 0.331 e. The molecule has 1 aliphatic heterocycles. The van der Waals surface area contributed by atoms with Gasteiger partial charge in [-0.1, -0.05) is 43.2 Å². The maximum absolute atomic E-state index is 13.4. The number of amides is 3. The first-order chi connectivity index (χ1) is 18.2. The largest absolute Gasteiger partial charge is 0.506 e. The minimum Gasteiger partial charge on any atom is -0.506 e. The summed E-state index contributed by atoms with van der Waals surface area (Å²) in [7, 11) is 1.42. The van der Waals surface area contributed by atoms with Crippen LogP contribution in [0.2, 0.25) is 5.02 Å². The Morgan fingerprint density at radius 2 is 1.74 bits per heavy atom. The van der Waals surface area contributed by atoms with Crippen LogP contribution in [-0.4, -0.2) is 76.7 Å². The zero-order valence-corrected chi connectivity index (χ0v) is 24.1. The second-order valence-electron chi connectivity index (χ2n) is 10.5. The predicted octanol–water partition coefficient (Wildman–Crippen LogP) is 2.34. The van der Waals surface area contributed by atoms with Gasteiger partial charge in [0.1, 0.15) is 17.8 Å². The first-order valence-corrected chi connectivity index (χ1v) is 13.4. The molecule has 0 bridgehead atoms. The summed E-state index contributed by atoms with van der Waals surface area (Å²) < 4.78 is 5.51. The van der Waals surface area contributed by atoms with Crippen LogP contribution in [0.25, 0.3) is 0 Å². The number of carbonyl (C=O) groups is 4. The molecule has 11 heteroatoms. The van der Waals surface area contributed by atoms with Crippen LogP contribution in [0.5, 0.6) is 5.75 Å². The van der Waals surface area contributed by atoms with Crippen LogP contribution in [0, 0.1) is 11.8 Å². The van der Waals surface area contributed by atoms with Crippen molar-refractivity contribution in [2.75, 3.05) is 13.7 Å². The van der Waals surface area contributed by atoms with Crippen LogP contribution in [0.3, 0.4) is 0 Å². The third-order valence-corrected chi connectivity index (χ3v) is 7.04. The van der Waals surface area contributed by atoms with Crippen molar-refractivity contribution >= 4 is 35.3 Å². The zero-order chi connectivity index (χ0) is 29.4. The Bertz CT molecular complexity index is 1090. The fraction of sp³-hybridized carbons (Fsp3) is 0.571. The molecule has 1 aromatic rings. The smallest absolute Gasteiger partial charge is 0.331 e. The Morgan fingerprint density at radius 3 is 2.36 bits per heavy atom. The molecule has 39 heavy (non-hydrogen) atoms. The van der Waals surface area contributed by atoms with Gasteiger partial charge in [-0.25, -0.2) is 4.79 Å².